The number of benzene rings is 1. The van der Waals surface area contributed by atoms with Gasteiger partial charge in [0.25, 0.3) is 0 Å². The van der Waals surface area contributed by atoms with Crippen molar-refractivity contribution in [2.45, 2.75) is 26.8 Å². The van der Waals surface area contributed by atoms with Crippen LogP contribution in [0, 0.1) is 18.7 Å². The van der Waals surface area contributed by atoms with Crippen molar-refractivity contribution in [2.75, 3.05) is 6.54 Å². The van der Waals surface area contributed by atoms with E-state index in [1.165, 1.54) is 6.07 Å². The first-order chi connectivity index (χ1) is 7.91. The number of aryl methyl sites for hydroxylation is 1. The van der Waals surface area contributed by atoms with E-state index in [-0.39, 0.29) is 23.7 Å². The van der Waals surface area contributed by atoms with Crippen LogP contribution < -0.4 is 11.1 Å². The lowest BCUT2D eigenvalue weighted by Gasteiger charge is -2.16. The van der Waals surface area contributed by atoms with Crippen LogP contribution in [0.15, 0.2) is 18.2 Å². The van der Waals surface area contributed by atoms with Crippen LogP contribution in [-0.2, 0) is 4.79 Å². The van der Waals surface area contributed by atoms with Gasteiger partial charge in [-0.25, -0.2) is 4.39 Å². The van der Waals surface area contributed by atoms with Gasteiger partial charge >= 0.3 is 0 Å². The van der Waals surface area contributed by atoms with E-state index in [1.54, 1.807) is 19.9 Å². The normalized spacial score (nSPS) is 14.4. The number of nitrogens with two attached hydrogens (primary N) is 1. The monoisotopic (exact) mass is 238 g/mol. The summed E-state index contributed by atoms with van der Waals surface area (Å²) in [5.74, 6) is -0.772. The fourth-order valence-corrected chi connectivity index (χ4v) is 1.45. The van der Waals surface area contributed by atoms with E-state index < -0.39 is 0 Å². The molecule has 0 spiro atoms. The molecule has 3 nitrogen and oxygen atoms in total. The summed E-state index contributed by atoms with van der Waals surface area (Å²) < 4.78 is 13.4. The summed E-state index contributed by atoms with van der Waals surface area (Å²) in [5.41, 5.74) is 6.66. The third-order valence-corrected chi connectivity index (χ3v) is 2.91. The van der Waals surface area contributed by atoms with Crippen LogP contribution in [0.5, 0.6) is 0 Å². The predicted octanol–water partition coefficient (Wildman–Crippen LogP) is 1.91. The molecule has 0 saturated carbocycles. The van der Waals surface area contributed by atoms with Gasteiger partial charge in [0.15, 0.2) is 0 Å². The second-order valence-electron chi connectivity index (χ2n) is 4.44. The topological polar surface area (TPSA) is 55.1 Å². The van der Waals surface area contributed by atoms with Crippen LogP contribution in [0.1, 0.15) is 31.0 Å². The Hall–Kier alpha value is -1.42. The molecule has 4 heteroatoms. The zero-order valence-corrected chi connectivity index (χ0v) is 10.5. The van der Waals surface area contributed by atoms with Crippen LogP contribution in [0.25, 0.3) is 0 Å². The maximum Gasteiger partial charge on any atom is 0.221 e. The van der Waals surface area contributed by atoms with Gasteiger partial charge in [0.2, 0.25) is 5.91 Å². The molecule has 0 fully saturated rings. The number of carbonyl (C=O) groups excluding carboxylic acids is 1. The van der Waals surface area contributed by atoms with Gasteiger partial charge in [-0.3, -0.25) is 4.79 Å². The first kappa shape index (κ1) is 13.6. The predicted molar refractivity (Wildman–Crippen MR) is 65.9 cm³/mol. The SMILES string of the molecule is Cc1ccc(C(C)NCC(C)C(N)=O)cc1F. The summed E-state index contributed by atoms with van der Waals surface area (Å²) in [6, 6.07) is 5.14. The molecule has 1 rings (SSSR count). The van der Waals surface area contributed by atoms with Crippen molar-refractivity contribution in [1.29, 1.82) is 0 Å². The zero-order valence-electron chi connectivity index (χ0n) is 10.5. The summed E-state index contributed by atoms with van der Waals surface area (Å²) in [7, 11) is 0. The first-order valence-corrected chi connectivity index (χ1v) is 5.70. The van der Waals surface area contributed by atoms with Crippen molar-refractivity contribution in [1.82, 2.24) is 5.32 Å². The van der Waals surface area contributed by atoms with Crippen molar-refractivity contribution in [3.8, 4) is 0 Å². The lowest BCUT2D eigenvalue weighted by atomic mass is 10.0. The second kappa shape index (κ2) is 5.77. The minimum Gasteiger partial charge on any atom is -0.369 e. The van der Waals surface area contributed by atoms with E-state index in [2.05, 4.69) is 5.32 Å². The molecule has 94 valence electrons. The summed E-state index contributed by atoms with van der Waals surface area (Å²) in [6.07, 6.45) is 0. The lowest BCUT2D eigenvalue weighted by Crippen LogP contribution is -2.32. The number of halogens is 1. The molecule has 0 bridgehead atoms. The number of carbonyl (C=O) groups is 1. The molecule has 0 saturated heterocycles. The van der Waals surface area contributed by atoms with E-state index in [9.17, 15) is 9.18 Å². The van der Waals surface area contributed by atoms with E-state index in [4.69, 9.17) is 5.73 Å². The Bertz CT molecular complexity index is 406. The minimum atomic E-state index is -0.334. The maximum atomic E-state index is 13.4. The smallest absolute Gasteiger partial charge is 0.221 e. The van der Waals surface area contributed by atoms with Crippen molar-refractivity contribution in [3.05, 3.63) is 35.1 Å². The quantitative estimate of drug-likeness (QED) is 0.823. The Kier molecular flexibility index (Phi) is 4.63. The number of nitrogens with one attached hydrogen (secondary N) is 1. The van der Waals surface area contributed by atoms with E-state index in [0.29, 0.717) is 12.1 Å². The molecule has 1 aromatic carbocycles. The molecule has 0 aliphatic carbocycles. The fraction of sp³-hybridized carbons (Fsp3) is 0.462. The van der Waals surface area contributed by atoms with Gasteiger partial charge in [0, 0.05) is 18.5 Å². The molecule has 3 N–H and O–H groups in total. The van der Waals surface area contributed by atoms with Gasteiger partial charge in [0.05, 0.1) is 0 Å². The van der Waals surface area contributed by atoms with Crippen LogP contribution >= 0.6 is 0 Å². The zero-order chi connectivity index (χ0) is 13.0. The molecule has 1 aromatic rings. The second-order valence-corrected chi connectivity index (χ2v) is 4.44. The van der Waals surface area contributed by atoms with Gasteiger partial charge < -0.3 is 11.1 Å². The molecule has 0 heterocycles. The largest absolute Gasteiger partial charge is 0.369 e. The highest BCUT2D eigenvalue weighted by Gasteiger charge is 2.12. The Balaban J connectivity index is 2.60. The highest BCUT2D eigenvalue weighted by molar-refractivity contribution is 5.76. The summed E-state index contributed by atoms with van der Waals surface area (Å²) in [4.78, 5) is 10.9. The molecule has 0 aliphatic rings. The van der Waals surface area contributed by atoms with E-state index in [0.717, 1.165) is 5.56 Å². The number of hydrogen-bond acceptors (Lipinski definition) is 2. The average Bonchev–Trinajstić information content (AvgIpc) is 2.28. The molecule has 1 amide bonds. The van der Waals surface area contributed by atoms with Crippen LogP contribution in [0.3, 0.4) is 0 Å². The number of hydrogen-bond donors (Lipinski definition) is 2. The Morgan fingerprint density at radius 3 is 2.65 bits per heavy atom. The first-order valence-electron chi connectivity index (χ1n) is 5.70. The maximum absolute atomic E-state index is 13.4. The van der Waals surface area contributed by atoms with E-state index >= 15 is 0 Å². The summed E-state index contributed by atoms with van der Waals surface area (Å²) in [5, 5.41) is 3.16. The number of amides is 1. The standard InChI is InChI=1S/C13H19FN2O/c1-8-4-5-11(6-12(8)14)10(3)16-7-9(2)13(15)17/h4-6,9-10,16H,7H2,1-3H3,(H2,15,17). The molecule has 0 aliphatic heterocycles. The van der Waals surface area contributed by atoms with Crippen LogP contribution in [-0.4, -0.2) is 12.5 Å². The van der Waals surface area contributed by atoms with Crippen molar-refractivity contribution in [3.63, 3.8) is 0 Å². The number of rotatable bonds is 5. The molecule has 2 atom stereocenters. The fourth-order valence-electron chi connectivity index (χ4n) is 1.45. The molecular formula is C13H19FN2O. The van der Waals surface area contributed by atoms with Crippen LogP contribution in [0.2, 0.25) is 0 Å². The average molecular weight is 238 g/mol. The summed E-state index contributed by atoms with van der Waals surface area (Å²) in [6.45, 7) is 5.91. The van der Waals surface area contributed by atoms with Crippen molar-refractivity contribution in [2.24, 2.45) is 11.7 Å². The number of primary amides is 1. The molecule has 0 radical (unpaired) electrons. The molecule has 0 aromatic heterocycles. The highest BCUT2D eigenvalue weighted by atomic mass is 19.1. The molecule has 2 unspecified atom stereocenters. The third-order valence-electron chi connectivity index (χ3n) is 2.91. The van der Waals surface area contributed by atoms with Gasteiger partial charge in [-0.05, 0) is 31.0 Å². The third kappa shape index (κ3) is 3.82. The molecular weight excluding hydrogens is 219 g/mol. The van der Waals surface area contributed by atoms with E-state index in [1.807, 2.05) is 13.0 Å². The highest BCUT2D eigenvalue weighted by Crippen LogP contribution is 2.16. The van der Waals surface area contributed by atoms with Crippen molar-refractivity contribution < 1.29 is 9.18 Å². The van der Waals surface area contributed by atoms with Gasteiger partial charge in [-0.15, -0.1) is 0 Å². The van der Waals surface area contributed by atoms with Gasteiger partial charge in [-0.2, -0.15) is 0 Å². The van der Waals surface area contributed by atoms with Crippen molar-refractivity contribution >= 4 is 5.91 Å². The van der Waals surface area contributed by atoms with Crippen LogP contribution in [0.4, 0.5) is 4.39 Å². The molecule has 17 heavy (non-hydrogen) atoms. The Labute approximate surface area is 101 Å². The Morgan fingerprint density at radius 2 is 2.12 bits per heavy atom. The van der Waals surface area contributed by atoms with Gasteiger partial charge in [-0.1, -0.05) is 19.1 Å². The minimum absolute atomic E-state index is 0.00750. The van der Waals surface area contributed by atoms with Gasteiger partial charge in [0.1, 0.15) is 5.82 Å². The summed E-state index contributed by atoms with van der Waals surface area (Å²) >= 11 is 0. The Morgan fingerprint density at radius 1 is 1.47 bits per heavy atom. The lowest BCUT2D eigenvalue weighted by molar-refractivity contribution is -0.121.